The number of piperazine rings is 1. The predicted octanol–water partition coefficient (Wildman–Crippen LogP) is 4.87. The highest BCUT2D eigenvalue weighted by molar-refractivity contribution is 9.10. The predicted molar refractivity (Wildman–Crippen MR) is 137 cm³/mol. The molecule has 2 N–H and O–H groups in total. The number of alkyl halides is 3. The Labute approximate surface area is 219 Å². The summed E-state index contributed by atoms with van der Waals surface area (Å²) >= 11 is 3.53. The molecule has 0 spiro atoms. The van der Waals surface area contributed by atoms with Crippen LogP contribution in [0.3, 0.4) is 0 Å². The summed E-state index contributed by atoms with van der Waals surface area (Å²) in [5.41, 5.74) is 3.66. The van der Waals surface area contributed by atoms with Gasteiger partial charge in [-0.1, -0.05) is 34.1 Å². The van der Waals surface area contributed by atoms with Gasteiger partial charge < -0.3 is 20.2 Å². The lowest BCUT2D eigenvalue weighted by Gasteiger charge is -2.36. The zero-order chi connectivity index (χ0) is 26.7. The SMILES string of the molecule is Cc1ccc(C(=O)N2CCN(c3nc4ccccc4nc3NC3CC3)CC2)cc1Br.O=C(O)C(F)(F)F. The average Bonchev–Trinajstić information content (AvgIpc) is 3.69. The van der Waals surface area contributed by atoms with Crippen LogP contribution in [0.5, 0.6) is 0 Å². The van der Waals surface area contributed by atoms with Crippen LogP contribution in [0.1, 0.15) is 28.8 Å². The fourth-order valence-corrected chi connectivity index (χ4v) is 4.14. The summed E-state index contributed by atoms with van der Waals surface area (Å²) in [7, 11) is 0. The molecule has 8 nitrogen and oxygen atoms in total. The smallest absolute Gasteiger partial charge is 0.475 e. The van der Waals surface area contributed by atoms with Crippen molar-refractivity contribution in [3.63, 3.8) is 0 Å². The van der Waals surface area contributed by atoms with E-state index in [1.165, 1.54) is 12.8 Å². The Bertz CT molecular complexity index is 1310. The second kappa shape index (κ2) is 10.9. The molecule has 0 radical (unpaired) electrons. The minimum Gasteiger partial charge on any atom is -0.475 e. The molecular weight excluding hydrogens is 555 g/mol. The van der Waals surface area contributed by atoms with Crippen LogP contribution in [0.15, 0.2) is 46.9 Å². The van der Waals surface area contributed by atoms with Crippen LogP contribution in [-0.2, 0) is 4.79 Å². The second-order valence-electron chi connectivity index (χ2n) is 8.85. The zero-order valence-corrected chi connectivity index (χ0v) is 21.5. The lowest BCUT2D eigenvalue weighted by atomic mass is 10.1. The number of carbonyl (C=O) groups is 2. The normalized spacial score (nSPS) is 15.7. The highest BCUT2D eigenvalue weighted by Gasteiger charge is 2.38. The number of anilines is 2. The molecule has 12 heteroatoms. The number of para-hydroxylation sites is 2. The molecule has 2 aromatic carbocycles. The maximum Gasteiger partial charge on any atom is 0.490 e. The first-order valence-corrected chi connectivity index (χ1v) is 12.5. The van der Waals surface area contributed by atoms with E-state index in [0.29, 0.717) is 19.1 Å². The van der Waals surface area contributed by atoms with E-state index >= 15 is 0 Å². The number of halogens is 4. The van der Waals surface area contributed by atoms with Crippen LogP contribution in [0.25, 0.3) is 11.0 Å². The van der Waals surface area contributed by atoms with Crippen molar-refractivity contribution in [3.8, 4) is 0 Å². The number of carbonyl (C=O) groups excluding carboxylic acids is 1. The lowest BCUT2D eigenvalue weighted by Crippen LogP contribution is -2.49. The Morgan fingerprint density at radius 3 is 2.16 bits per heavy atom. The number of rotatable bonds is 4. The summed E-state index contributed by atoms with van der Waals surface area (Å²) in [5.74, 6) is -0.923. The molecule has 0 atom stereocenters. The van der Waals surface area contributed by atoms with Crippen molar-refractivity contribution < 1.29 is 27.9 Å². The molecule has 37 heavy (non-hydrogen) atoms. The molecule has 1 saturated carbocycles. The Morgan fingerprint density at radius 2 is 1.62 bits per heavy atom. The van der Waals surface area contributed by atoms with E-state index in [1.807, 2.05) is 54.3 Å². The van der Waals surface area contributed by atoms with E-state index in [4.69, 9.17) is 19.9 Å². The van der Waals surface area contributed by atoms with Gasteiger partial charge in [-0.25, -0.2) is 14.8 Å². The Hall–Kier alpha value is -3.41. The van der Waals surface area contributed by atoms with Crippen LogP contribution in [0, 0.1) is 6.92 Å². The average molecular weight is 580 g/mol. The molecule has 0 bridgehead atoms. The first kappa shape index (κ1) is 26.6. The number of nitrogens with zero attached hydrogens (tertiary/aromatic N) is 4. The highest BCUT2D eigenvalue weighted by atomic mass is 79.9. The molecule has 1 aliphatic carbocycles. The van der Waals surface area contributed by atoms with Gasteiger partial charge in [0.2, 0.25) is 0 Å². The van der Waals surface area contributed by atoms with Crippen molar-refractivity contribution in [2.45, 2.75) is 32.0 Å². The van der Waals surface area contributed by atoms with Crippen molar-refractivity contribution >= 4 is 50.5 Å². The zero-order valence-electron chi connectivity index (χ0n) is 19.9. The number of aromatic nitrogens is 2. The topological polar surface area (TPSA) is 98.7 Å². The first-order chi connectivity index (χ1) is 17.5. The van der Waals surface area contributed by atoms with Crippen LogP contribution in [0.2, 0.25) is 0 Å². The van der Waals surface area contributed by atoms with Crippen LogP contribution >= 0.6 is 15.9 Å². The minimum atomic E-state index is -5.08. The molecule has 1 aromatic heterocycles. The Kier molecular flexibility index (Phi) is 7.86. The molecule has 1 saturated heterocycles. The van der Waals surface area contributed by atoms with Crippen molar-refractivity contribution in [2.75, 3.05) is 36.4 Å². The van der Waals surface area contributed by atoms with Crippen LogP contribution in [-0.4, -0.2) is 70.2 Å². The number of nitrogens with one attached hydrogen (secondary N) is 1. The van der Waals surface area contributed by atoms with Gasteiger partial charge in [0, 0.05) is 42.3 Å². The number of aliphatic carboxylic acids is 1. The summed E-state index contributed by atoms with van der Waals surface area (Å²) in [6.07, 6.45) is -2.72. The van der Waals surface area contributed by atoms with Gasteiger partial charge in [-0.3, -0.25) is 4.79 Å². The Morgan fingerprint density at radius 1 is 1.03 bits per heavy atom. The number of benzene rings is 2. The summed E-state index contributed by atoms with van der Waals surface area (Å²) in [6.45, 7) is 4.84. The van der Waals surface area contributed by atoms with E-state index < -0.39 is 12.1 Å². The van der Waals surface area contributed by atoms with Gasteiger partial charge in [0.15, 0.2) is 11.6 Å². The fourth-order valence-electron chi connectivity index (χ4n) is 3.76. The molecule has 1 aliphatic heterocycles. The Balaban J connectivity index is 0.000000405. The summed E-state index contributed by atoms with van der Waals surface area (Å²) in [4.78, 5) is 35.8. The van der Waals surface area contributed by atoms with Gasteiger partial charge in [-0.15, -0.1) is 0 Å². The molecule has 5 rings (SSSR count). The number of carboxylic acids is 1. The maximum absolute atomic E-state index is 12.9. The van der Waals surface area contributed by atoms with Crippen LogP contribution < -0.4 is 10.2 Å². The van der Waals surface area contributed by atoms with Crippen molar-refractivity contribution in [1.29, 1.82) is 0 Å². The molecular formula is C25H25BrF3N5O3. The molecule has 2 heterocycles. The number of amides is 1. The van der Waals surface area contributed by atoms with E-state index in [2.05, 4.69) is 26.1 Å². The third kappa shape index (κ3) is 6.68. The number of hydrogen-bond acceptors (Lipinski definition) is 6. The summed E-state index contributed by atoms with van der Waals surface area (Å²) < 4.78 is 32.7. The number of aryl methyl sites for hydroxylation is 1. The van der Waals surface area contributed by atoms with E-state index in [0.717, 1.165) is 51.4 Å². The van der Waals surface area contributed by atoms with Gasteiger partial charge in [0.05, 0.1) is 11.0 Å². The van der Waals surface area contributed by atoms with Gasteiger partial charge in [0.25, 0.3) is 5.91 Å². The van der Waals surface area contributed by atoms with Gasteiger partial charge in [-0.2, -0.15) is 13.2 Å². The summed E-state index contributed by atoms with van der Waals surface area (Å²) in [5, 5.41) is 10.7. The third-order valence-electron chi connectivity index (χ3n) is 6.00. The van der Waals surface area contributed by atoms with E-state index in [9.17, 15) is 18.0 Å². The minimum absolute atomic E-state index is 0.0799. The first-order valence-electron chi connectivity index (χ1n) is 11.7. The van der Waals surface area contributed by atoms with E-state index in [1.54, 1.807) is 0 Å². The largest absolute Gasteiger partial charge is 0.490 e. The molecule has 0 unspecified atom stereocenters. The van der Waals surface area contributed by atoms with Crippen molar-refractivity contribution in [3.05, 3.63) is 58.1 Å². The molecule has 196 valence electrons. The quantitative estimate of drug-likeness (QED) is 0.455. The lowest BCUT2D eigenvalue weighted by molar-refractivity contribution is -0.192. The van der Waals surface area contributed by atoms with Crippen molar-refractivity contribution in [1.82, 2.24) is 14.9 Å². The standard InChI is InChI=1S/C23H24BrN5O.C2HF3O2/c1-15-6-7-16(14-18(15)24)23(30)29-12-10-28(11-13-29)22-21(25-17-8-9-17)26-19-4-2-3-5-20(19)27-22;3-2(4,5)1(6)7/h2-7,14,17H,8-13H2,1H3,(H,25,26);(H,6,7). The second-order valence-corrected chi connectivity index (χ2v) is 9.70. The molecule has 3 aromatic rings. The number of fused-ring (bicyclic) bond motifs is 1. The van der Waals surface area contributed by atoms with Gasteiger partial charge >= 0.3 is 12.1 Å². The molecule has 2 aliphatic rings. The van der Waals surface area contributed by atoms with Gasteiger partial charge in [0.1, 0.15) is 0 Å². The molecule has 2 fully saturated rings. The van der Waals surface area contributed by atoms with Crippen LogP contribution in [0.4, 0.5) is 24.8 Å². The summed E-state index contributed by atoms with van der Waals surface area (Å²) in [6, 6.07) is 14.3. The van der Waals surface area contributed by atoms with Crippen molar-refractivity contribution in [2.24, 2.45) is 0 Å². The number of hydrogen-bond donors (Lipinski definition) is 2. The van der Waals surface area contributed by atoms with E-state index in [-0.39, 0.29) is 5.91 Å². The highest BCUT2D eigenvalue weighted by Crippen LogP contribution is 2.31. The third-order valence-corrected chi connectivity index (χ3v) is 6.85. The maximum atomic E-state index is 12.9. The number of carboxylic acid groups (broad SMARTS) is 1. The molecule has 1 amide bonds. The fraction of sp³-hybridized carbons (Fsp3) is 0.360. The van der Waals surface area contributed by atoms with Gasteiger partial charge in [-0.05, 0) is 49.6 Å². The monoisotopic (exact) mass is 579 g/mol.